The second-order valence-electron chi connectivity index (χ2n) is 7.42. The van der Waals surface area contributed by atoms with Crippen LogP contribution in [0.3, 0.4) is 0 Å². The summed E-state index contributed by atoms with van der Waals surface area (Å²) >= 11 is 0. The van der Waals surface area contributed by atoms with Crippen molar-refractivity contribution in [2.24, 2.45) is 5.92 Å². The number of nitrogens with zero attached hydrogens (tertiary/aromatic N) is 3. The molecule has 26 heavy (non-hydrogen) atoms. The molecule has 2 aliphatic rings. The SMILES string of the molecule is Cc1ccc(CN2C[C@@H]3COC[C@H](C2)N(C(=O)c2c(C)noc2C)C3)o1. The van der Waals surface area contributed by atoms with Gasteiger partial charge >= 0.3 is 0 Å². The van der Waals surface area contributed by atoms with Gasteiger partial charge in [0.15, 0.2) is 0 Å². The van der Waals surface area contributed by atoms with E-state index in [1.807, 2.05) is 30.9 Å². The molecule has 2 aliphatic heterocycles. The van der Waals surface area contributed by atoms with E-state index < -0.39 is 0 Å². The van der Waals surface area contributed by atoms with Crippen molar-refractivity contribution in [1.29, 1.82) is 0 Å². The van der Waals surface area contributed by atoms with Gasteiger partial charge in [-0.25, -0.2) is 0 Å². The van der Waals surface area contributed by atoms with Gasteiger partial charge in [-0.1, -0.05) is 5.16 Å². The van der Waals surface area contributed by atoms with Gasteiger partial charge in [-0.3, -0.25) is 9.69 Å². The smallest absolute Gasteiger partial charge is 0.259 e. The van der Waals surface area contributed by atoms with Crippen molar-refractivity contribution in [2.75, 3.05) is 32.8 Å². The van der Waals surface area contributed by atoms with Crippen molar-refractivity contribution < 1.29 is 18.5 Å². The summed E-state index contributed by atoms with van der Waals surface area (Å²) < 4.78 is 16.8. The maximum absolute atomic E-state index is 13.2. The van der Waals surface area contributed by atoms with E-state index in [2.05, 4.69) is 10.1 Å². The summed E-state index contributed by atoms with van der Waals surface area (Å²) in [5, 5.41) is 3.94. The zero-order chi connectivity index (χ0) is 18.3. The fraction of sp³-hybridized carbons (Fsp3) is 0.579. The average molecular weight is 359 g/mol. The lowest BCUT2D eigenvalue weighted by atomic mass is 10.1. The Balaban J connectivity index is 1.56. The average Bonchev–Trinajstić information content (AvgIpc) is 3.00. The molecule has 4 rings (SSSR count). The lowest BCUT2D eigenvalue weighted by Crippen LogP contribution is -2.46. The highest BCUT2D eigenvalue weighted by Gasteiger charge is 2.37. The summed E-state index contributed by atoms with van der Waals surface area (Å²) in [5.74, 6) is 2.75. The first kappa shape index (κ1) is 17.3. The van der Waals surface area contributed by atoms with Crippen LogP contribution in [0.15, 0.2) is 21.1 Å². The fourth-order valence-corrected chi connectivity index (χ4v) is 4.04. The molecular formula is C19H25N3O4. The minimum absolute atomic E-state index is 0.00237. The van der Waals surface area contributed by atoms with Gasteiger partial charge in [-0.05, 0) is 32.9 Å². The molecule has 2 atom stereocenters. The molecule has 0 aromatic carbocycles. The van der Waals surface area contributed by atoms with Crippen LogP contribution in [0.5, 0.6) is 0 Å². The third-order valence-corrected chi connectivity index (χ3v) is 5.23. The number of amides is 1. The Kier molecular flexibility index (Phi) is 4.58. The van der Waals surface area contributed by atoms with Crippen molar-refractivity contribution in [3.05, 3.63) is 40.7 Å². The first-order valence-electron chi connectivity index (χ1n) is 9.10. The second-order valence-corrected chi connectivity index (χ2v) is 7.42. The Hall–Kier alpha value is -2.12. The van der Waals surface area contributed by atoms with E-state index in [-0.39, 0.29) is 17.9 Å². The molecule has 2 saturated heterocycles. The highest BCUT2D eigenvalue weighted by atomic mass is 16.5. The number of hydrogen-bond donors (Lipinski definition) is 0. The predicted molar refractivity (Wildman–Crippen MR) is 93.8 cm³/mol. The minimum Gasteiger partial charge on any atom is -0.465 e. The lowest BCUT2D eigenvalue weighted by molar-refractivity contribution is 0.0410. The van der Waals surface area contributed by atoms with Gasteiger partial charge in [0.05, 0.1) is 31.5 Å². The molecular weight excluding hydrogens is 334 g/mol. The first-order valence-corrected chi connectivity index (χ1v) is 9.10. The minimum atomic E-state index is -0.00237. The molecule has 0 unspecified atom stereocenters. The van der Waals surface area contributed by atoms with Crippen molar-refractivity contribution in [2.45, 2.75) is 33.4 Å². The van der Waals surface area contributed by atoms with E-state index in [4.69, 9.17) is 13.7 Å². The molecule has 140 valence electrons. The number of hydrogen-bond acceptors (Lipinski definition) is 6. The number of ether oxygens (including phenoxy) is 1. The molecule has 0 N–H and O–H groups in total. The molecule has 7 heteroatoms. The molecule has 2 fully saturated rings. The van der Waals surface area contributed by atoms with Crippen LogP contribution in [-0.2, 0) is 11.3 Å². The van der Waals surface area contributed by atoms with Crippen LogP contribution < -0.4 is 0 Å². The maximum atomic E-state index is 13.2. The van der Waals surface area contributed by atoms with Gasteiger partial charge in [0.25, 0.3) is 5.91 Å². The Labute approximate surface area is 152 Å². The molecule has 2 aromatic rings. The topological polar surface area (TPSA) is 72.0 Å². The van der Waals surface area contributed by atoms with Crippen molar-refractivity contribution in [3.8, 4) is 0 Å². The highest BCUT2D eigenvalue weighted by Crippen LogP contribution is 2.25. The van der Waals surface area contributed by atoms with Gasteiger partial charge in [0.2, 0.25) is 0 Å². The molecule has 0 radical (unpaired) electrons. The molecule has 2 aromatic heterocycles. The molecule has 0 spiro atoms. The second kappa shape index (κ2) is 6.89. The normalized spacial score (nSPS) is 23.9. The number of rotatable bonds is 3. The molecule has 0 aliphatic carbocycles. The van der Waals surface area contributed by atoms with Gasteiger partial charge in [-0.15, -0.1) is 0 Å². The monoisotopic (exact) mass is 359 g/mol. The Bertz CT molecular complexity index is 777. The Morgan fingerprint density at radius 1 is 1.19 bits per heavy atom. The number of carbonyl (C=O) groups excluding carboxylic acids is 1. The first-order chi connectivity index (χ1) is 12.5. The van der Waals surface area contributed by atoms with Crippen LogP contribution in [0, 0.1) is 26.7 Å². The zero-order valence-corrected chi connectivity index (χ0v) is 15.5. The lowest BCUT2D eigenvalue weighted by Gasteiger charge is -2.30. The molecule has 0 saturated carbocycles. The van der Waals surface area contributed by atoms with Crippen LogP contribution in [-0.4, -0.2) is 59.8 Å². The third-order valence-electron chi connectivity index (χ3n) is 5.23. The molecule has 1 amide bonds. The van der Waals surface area contributed by atoms with E-state index in [9.17, 15) is 4.79 Å². The summed E-state index contributed by atoms with van der Waals surface area (Å²) in [7, 11) is 0. The van der Waals surface area contributed by atoms with Crippen LogP contribution in [0.1, 0.15) is 33.3 Å². The predicted octanol–water partition coefficient (Wildman–Crippen LogP) is 2.17. The Morgan fingerprint density at radius 2 is 2.04 bits per heavy atom. The van der Waals surface area contributed by atoms with Crippen molar-refractivity contribution in [3.63, 3.8) is 0 Å². The summed E-state index contributed by atoms with van der Waals surface area (Å²) in [6.07, 6.45) is 0. The van der Waals surface area contributed by atoms with Crippen LogP contribution in [0.4, 0.5) is 0 Å². The standard InChI is InChI=1S/C19H25N3O4/c1-12-4-5-17(25-12)9-21-6-15-7-22(16(8-21)11-24-10-15)19(23)18-13(2)20-26-14(18)3/h4-5,15-16H,6-11H2,1-3H3/t15-,16-/m0/s1. The number of aryl methyl sites for hydroxylation is 3. The van der Waals surface area contributed by atoms with E-state index in [1.165, 1.54) is 0 Å². The number of aromatic nitrogens is 1. The van der Waals surface area contributed by atoms with Crippen LogP contribution in [0.2, 0.25) is 0 Å². The number of carbonyl (C=O) groups is 1. The van der Waals surface area contributed by atoms with Gasteiger partial charge in [0.1, 0.15) is 22.8 Å². The maximum Gasteiger partial charge on any atom is 0.259 e. The van der Waals surface area contributed by atoms with E-state index >= 15 is 0 Å². The third kappa shape index (κ3) is 3.29. The number of furan rings is 1. The van der Waals surface area contributed by atoms with Gasteiger partial charge in [0, 0.05) is 25.6 Å². The quantitative estimate of drug-likeness (QED) is 0.836. The van der Waals surface area contributed by atoms with E-state index in [0.717, 1.165) is 31.2 Å². The fourth-order valence-electron chi connectivity index (χ4n) is 4.04. The van der Waals surface area contributed by atoms with Gasteiger partial charge in [-0.2, -0.15) is 0 Å². The number of fused-ring (bicyclic) bond motifs is 3. The summed E-state index contributed by atoms with van der Waals surface area (Å²) in [4.78, 5) is 17.5. The van der Waals surface area contributed by atoms with Crippen LogP contribution in [0.25, 0.3) is 0 Å². The van der Waals surface area contributed by atoms with E-state index in [1.54, 1.807) is 6.92 Å². The summed E-state index contributed by atoms with van der Waals surface area (Å²) in [5.41, 5.74) is 1.24. The molecule has 7 nitrogen and oxygen atoms in total. The zero-order valence-electron chi connectivity index (χ0n) is 15.5. The molecule has 4 heterocycles. The van der Waals surface area contributed by atoms with Gasteiger partial charge < -0.3 is 18.6 Å². The Morgan fingerprint density at radius 3 is 2.73 bits per heavy atom. The largest absolute Gasteiger partial charge is 0.465 e. The van der Waals surface area contributed by atoms with Crippen molar-refractivity contribution in [1.82, 2.24) is 15.0 Å². The van der Waals surface area contributed by atoms with E-state index in [0.29, 0.717) is 36.8 Å². The highest BCUT2D eigenvalue weighted by molar-refractivity contribution is 5.96. The summed E-state index contributed by atoms with van der Waals surface area (Å²) in [6, 6.07) is 4.03. The van der Waals surface area contributed by atoms with Crippen molar-refractivity contribution >= 4 is 5.91 Å². The summed E-state index contributed by atoms with van der Waals surface area (Å²) in [6.45, 7) is 9.91. The van der Waals surface area contributed by atoms with Crippen LogP contribution >= 0.6 is 0 Å². The molecule has 2 bridgehead atoms.